The van der Waals surface area contributed by atoms with Crippen LogP contribution in [0, 0.1) is 5.82 Å². The third-order valence-electron chi connectivity index (χ3n) is 3.79. The molecule has 0 fully saturated rings. The van der Waals surface area contributed by atoms with Gasteiger partial charge in [-0.05, 0) is 61.0 Å². The number of carbonyl (C=O) groups is 2. The Morgan fingerprint density at radius 3 is 2.27 bits per heavy atom. The molecule has 1 N–H and O–H groups in total. The number of H-pyrrole nitrogens is 1. The van der Waals surface area contributed by atoms with E-state index in [0.717, 1.165) is 18.5 Å². The molecule has 0 unspecified atom stereocenters. The largest absolute Gasteiger partial charge is 0.422 e. The highest BCUT2D eigenvalue weighted by Crippen LogP contribution is 2.17. The Morgan fingerprint density at radius 1 is 1.04 bits per heavy atom. The second kappa shape index (κ2) is 7.74. The summed E-state index contributed by atoms with van der Waals surface area (Å²) in [5.41, 5.74) is 1.89. The fraction of sp³-hybridized carbons (Fsp3) is 0.150. The molecule has 0 aliphatic rings. The van der Waals surface area contributed by atoms with Crippen LogP contribution in [0.1, 0.15) is 45.4 Å². The van der Waals surface area contributed by atoms with Crippen molar-refractivity contribution in [2.24, 2.45) is 0 Å². The quantitative estimate of drug-likeness (QED) is 0.414. The van der Waals surface area contributed by atoms with Crippen molar-refractivity contribution in [1.82, 2.24) is 10.2 Å². The number of carbonyl (C=O) groups excluding carboxylic acids is 2. The molecule has 0 spiro atoms. The lowest BCUT2D eigenvalue weighted by Gasteiger charge is -2.04. The normalized spacial score (nSPS) is 10.5. The highest BCUT2D eigenvalue weighted by Gasteiger charge is 2.14. The molecule has 0 bridgehead atoms. The topological polar surface area (TPSA) is 72.1 Å². The Morgan fingerprint density at radius 2 is 1.65 bits per heavy atom. The number of aromatic amines is 1. The minimum Gasteiger partial charge on any atom is -0.422 e. The van der Waals surface area contributed by atoms with Crippen molar-refractivity contribution in [3.05, 3.63) is 82.9 Å². The molecule has 0 aliphatic heterocycles. The SMILES string of the molecule is CCCc1cc(C(=O)Oc2ccc(C(=O)c3ccc(F)cc3)cc2)n[nH]1. The molecule has 0 amide bonds. The Hall–Kier alpha value is -3.28. The van der Waals surface area contributed by atoms with Crippen LogP contribution in [0.5, 0.6) is 5.75 Å². The van der Waals surface area contributed by atoms with Gasteiger partial charge in [0, 0.05) is 16.8 Å². The number of ether oxygens (including phenoxy) is 1. The fourth-order valence-electron chi connectivity index (χ4n) is 2.47. The predicted octanol–water partition coefficient (Wildman–Crippen LogP) is 3.95. The van der Waals surface area contributed by atoms with Gasteiger partial charge in [0.15, 0.2) is 11.5 Å². The zero-order chi connectivity index (χ0) is 18.5. The molecule has 5 nitrogen and oxygen atoms in total. The molecule has 6 heteroatoms. The summed E-state index contributed by atoms with van der Waals surface area (Å²) in [5.74, 6) is -0.893. The lowest BCUT2D eigenvalue weighted by atomic mass is 10.0. The monoisotopic (exact) mass is 352 g/mol. The second-order valence-corrected chi connectivity index (χ2v) is 5.78. The van der Waals surface area contributed by atoms with Gasteiger partial charge in [0.1, 0.15) is 11.6 Å². The molecular weight excluding hydrogens is 335 g/mol. The van der Waals surface area contributed by atoms with E-state index in [-0.39, 0.29) is 11.5 Å². The van der Waals surface area contributed by atoms with Gasteiger partial charge in [-0.1, -0.05) is 13.3 Å². The number of nitrogens with zero attached hydrogens (tertiary/aromatic N) is 1. The Kier molecular flexibility index (Phi) is 5.22. The van der Waals surface area contributed by atoms with Crippen molar-refractivity contribution in [2.75, 3.05) is 0 Å². The third-order valence-corrected chi connectivity index (χ3v) is 3.79. The minimum absolute atomic E-state index is 0.208. The van der Waals surface area contributed by atoms with Crippen molar-refractivity contribution in [3.63, 3.8) is 0 Å². The van der Waals surface area contributed by atoms with Crippen LogP contribution in [0.4, 0.5) is 4.39 Å². The predicted molar refractivity (Wildman–Crippen MR) is 93.8 cm³/mol. The fourth-order valence-corrected chi connectivity index (χ4v) is 2.47. The van der Waals surface area contributed by atoms with Crippen LogP contribution in [-0.2, 0) is 6.42 Å². The van der Waals surface area contributed by atoms with Crippen LogP contribution >= 0.6 is 0 Å². The van der Waals surface area contributed by atoms with Crippen LogP contribution in [0.25, 0.3) is 0 Å². The molecule has 2 aromatic carbocycles. The van der Waals surface area contributed by atoms with E-state index in [1.54, 1.807) is 18.2 Å². The van der Waals surface area contributed by atoms with E-state index >= 15 is 0 Å². The number of hydrogen-bond donors (Lipinski definition) is 1. The van der Waals surface area contributed by atoms with Crippen LogP contribution < -0.4 is 4.74 Å². The van der Waals surface area contributed by atoms with E-state index < -0.39 is 11.8 Å². The molecule has 0 atom stereocenters. The summed E-state index contributed by atoms with van der Waals surface area (Å²) in [6, 6.07) is 13.2. The number of aromatic nitrogens is 2. The van der Waals surface area contributed by atoms with Crippen LogP contribution in [0.2, 0.25) is 0 Å². The maximum Gasteiger partial charge on any atom is 0.364 e. The number of esters is 1. The summed E-state index contributed by atoms with van der Waals surface area (Å²) >= 11 is 0. The summed E-state index contributed by atoms with van der Waals surface area (Å²) in [4.78, 5) is 24.4. The lowest BCUT2D eigenvalue weighted by Crippen LogP contribution is -2.09. The smallest absolute Gasteiger partial charge is 0.364 e. The number of aryl methyl sites for hydroxylation is 1. The molecule has 26 heavy (non-hydrogen) atoms. The summed E-state index contributed by atoms with van der Waals surface area (Å²) in [6.45, 7) is 2.04. The Balaban J connectivity index is 1.67. The summed E-state index contributed by atoms with van der Waals surface area (Å²) in [7, 11) is 0. The molecule has 0 aliphatic carbocycles. The maximum atomic E-state index is 12.9. The van der Waals surface area contributed by atoms with Crippen LogP contribution in [0.3, 0.4) is 0 Å². The van der Waals surface area contributed by atoms with Crippen molar-refractivity contribution in [3.8, 4) is 5.75 Å². The van der Waals surface area contributed by atoms with Gasteiger partial charge < -0.3 is 4.74 Å². The van der Waals surface area contributed by atoms with E-state index in [0.29, 0.717) is 16.9 Å². The van der Waals surface area contributed by atoms with E-state index in [2.05, 4.69) is 10.2 Å². The van der Waals surface area contributed by atoms with Gasteiger partial charge >= 0.3 is 5.97 Å². The van der Waals surface area contributed by atoms with Crippen LogP contribution in [0.15, 0.2) is 54.6 Å². The second-order valence-electron chi connectivity index (χ2n) is 5.78. The minimum atomic E-state index is -0.568. The third kappa shape index (κ3) is 4.03. The van der Waals surface area contributed by atoms with Gasteiger partial charge in [-0.15, -0.1) is 0 Å². The van der Waals surface area contributed by atoms with E-state index in [9.17, 15) is 14.0 Å². The van der Waals surface area contributed by atoms with Gasteiger partial charge in [0.25, 0.3) is 0 Å². The lowest BCUT2D eigenvalue weighted by molar-refractivity contribution is 0.0728. The average Bonchev–Trinajstić information content (AvgIpc) is 3.12. The molecular formula is C20H17FN2O3. The highest BCUT2D eigenvalue weighted by atomic mass is 19.1. The number of nitrogens with one attached hydrogen (secondary N) is 1. The number of rotatable bonds is 6. The van der Waals surface area contributed by atoms with Crippen molar-refractivity contribution >= 4 is 11.8 Å². The zero-order valence-corrected chi connectivity index (χ0v) is 14.2. The number of halogens is 1. The summed E-state index contributed by atoms with van der Waals surface area (Å²) in [6.07, 6.45) is 1.75. The first kappa shape index (κ1) is 17.5. The highest BCUT2D eigenvalue weighted by molar-refractivity contribution is 6.09. The number of benzene rings is 2. The molecule has 0 saturated carbocycles. The maximum absolute atomic E-state index is 12.9. The molecule has 3 rings (SSSR count). The molecule has 0 saturated heterocycles. The van der Waals surface area contributed by atoms with Gasteiger partial charge in [-0.3, -0.25) is 9.89 Å². The van der Waals surface area contributed by atoms with Crippen molar-refractivity contribution in [2.45, 2.75) is 19.8 Å². The number of ketones is 1. The zero-order valence-electron chi connectivity index (χ0n) is 14.2. The standard InChI is InChI=1S/C20H17FN2O3/c1-2-3-16-12-18(23-22-16)20(25)26-17-10-6-14(7-11-17)19(24)13-4-8-15(21)9-5-13/h4-12H,2-3H2,1H3,(H,22,23). The Labute approximate surface area is 149 Å². The summed E-state index contributed by atoms with van der Waals surface area (Å²) in [5, 5.41) is 6.74. The van der Waals surface area contributed by atoms with E-state index in [1.807, 2.05) is 6.92 Å². The first-order chi connectivity index (χ1) is 12.6. The van der Waals surface area contributed by atoms with E-state index in [4.69, 9.17) is 4.74 Å². The van der Waals surface area contributed by atoms with Gasteiger partial charge in [0.05, 0.1) is 0 Å². The van der Waals surface area contributed by atoms with Crippen molar-refractivity contribution < 1.29 is 18.7 Å². The first-order valence-corrected chi connectivity index (χ1v) is 8.23. The first-order valence-electron chi connectivity index (χ1n) is 8.23. The number of hydrogen-bond acceptors (Lipinski definition) is 4. The van der Waals surface area contributed by atoms with Gasteiger partial charge in [0.2, 0.25) is 0 Å². The van der Waals surface area contributed by atoms with Gasteiger partial charge in [-0.25, -0.2) is 9.18 Å². The Bertz CT molecular complexity index is 915. The molecule has 3 aromatic rings. The molecule has 132 valence electrons. The van der Waals surface area contributed by atoms with Crippen LogP contribution in [-0.4, -0.2) is 21.9 Å². The summed E-state index contributed by atoms with van der Waals surface area (Å²) < 4.78 is 18.2. The van der Waals surface area contributed by atoms with Gasteiger partial charge in [-0.2, -0.15) is 5.10 Å². The van der Waals surface area contributed by atoms with E-state index in [1.165, 1.54) is 36.4 Å². The molecule has 1 heterocycles. The average molecular weight is 352 g/mol. The molecule has 1 aromatic heterocycles. The van der Waals surface area contributed by atoms with Crippen molar-refractivity contribution in [1.29, 1.82) is 0 Å². The molecule has 0 radical (unpaired) electrons.